The fraction of sp³-hybridized carbons (Fsp3) is 0.222. The number of esters is 1. The molecule has 0 radical (unpaired) electrons. The van der Waals surface area contributed by atoms with Gasteiger partial charge < -0.3 is 25.3 Å². The highest BCUT2D eigenvalue weighted by Crippen LogP contribution is 2.43. The van der Waals surface area contributed by atoms with Crippen molar-refractivity contribution in [1.82, 2.24) is 5.32 Å². The second-order valence-electron chi connectivity index (χ2n) is 5.69. The average Bonchev–Trinajstić information content (AvgIpc) is 3.11. The molecule has 0 unspecified atom stereocenters. The topological polar surface area (TPSA) is 99.9 Å². The molecule has 0 fully saturated rings. The van der Waals surface area contributed by atoms with Crippen LogP contribution in [0.2, 0.25) is 0 Å². The standard InChI is InChI=1S/C18H17FN2O5/c1-10(17(20)22)21-8-12-5-6-14(16-15(12)24-9-25-16)26-18(23)11-3-2-4-13(19)7-11/h2-7,10,21H,8-9H2,1H3,(H2,20,22)/t10-/m0/s1. The average molecular weight is 360 g/mol. The Balaban J connectivity index is 1.78. The van der Waals surface area contributed by atoms with Crippen LogP contribution in [0.1, 0.15) is 22.8 Å². The molecule has 1 aliphatic rings. The molecule has 8 heteroatoms. The lowest BCUT2D eigenvalue weighted by Crippen LogP contribution is -2.38. The number of halogens is 1. The van der Waals surface area contributed by atoms with Crippen molar-refractivity contribution < 1.29 is 28.2 Å². The van der Waals surface area contributed by atoms with E-state index < -0.39 is 23.7 Å². The minimum Gasteiger partial charge on any atom is -0.453 e. The number of rotatable bonds is 6. The molecule has 0 aromatic heterocycles. The molecule has 1 atom stereocenters. The number of benzene rings is 2. The van der Waals surface area contributed by atoms with Gasteiger partial charge in [-0.05, 0) is 31.2 Å². The molecule has 2 aromatic carbocycles. The molecular formula is C18H17FN2O5. The Hall–Kier alpha value is -3.13. The maximum atomic E-state index is 13.3. The largest absolute Gasteiger partial charge is 0.453 e. The molecular weight excluding hydrogens is 343 g/mol. The summed E-state index contributed by atoms with van der Waals surface area (Å²) in [5.41, 5.74) is 6.02. The molecule has 0 spiro atoms. The van der Waals surface area contributed by atoms with Gasteiger partial charge in [0, 0.05) is 12.1 Å². The molecule has 0 bridgehead atoms. The number of fused-ring (bicyclic) bond motifs is 1. The second-order valence-corrected chi connectivity index (χ2v) is 5.69. The van der Waals surface area contributed by atoms with Crippen LogP contribution in [0.3, 0.4) is 0 Å². The van der Waals surface area contributed by atoms with Gasteiger partial charge in [0.05, 0.1) is 11.6 Å². The number of amides is 1. The van der Waals surface area contributed by atoms with Crippen molar-refractivity contribution in [3.63, 3.8) is 0 Å². The Morgan fingerprint density at radius 3 is 2.77 bits per heavy atom. The smallest absolute Gasteiger partial charge is 0.343 e. The van der Waals surface area contributed by atoms with Gasteiger partial charge in [-0.3, -0.25) is 4.79 Å². The summed E-state index contributed by atoms with van der Waals surface area (Å²) in [6, 6.07) is 7.92. The molecule has 2 aromatic rings. The Kier molecular flexibility index (Phi) is 5.04. The molecule has 3 rings (SSSR count). The fourth-order valence-electron chi connectivity index (χ4n) is 2.39. The highest BCUT2D eigenvalue weighted by molar-refractivity contribution is 5.91. The lowest BCUT2D eigenvalue weighted by molar-refractivity contribution is -0.119. The number of primary amides is 1. The van der Waals surface area contributed by atoms with E-state index in [1.165, 1.54) is 18.2 Å². The van der Waals surface area contributed by atoms with Crippen LogP contribution in [0.15, 0.2) is 36.4 Å². The van der Waals surface area contributed by atoms with E-state index in [-0.39, 0.29) is 23.9 Å². The van der Waals surface area contributed by atoms with Crippen molar-refractivity contribution in [2.24, 2.45) is 5.73 Å². The summed E-state index contributed by atoms with van der Waals surface area (Å²) in [5.74, 6) is -0.859. The van der Waals surface area contributed by atoms with Gasteiger partial charge in [-0.2, -0.15) is 0 Å². The summed E-state index contributed by atoms with van der Waals surface area (Å²) in [5, 5.41) is 2.96. The lowest BCUT2D eigenvalue weighted by Gasteiger charge is -2.13. The number of carbonyl (C=O) groups is 2. The Bertz CT molecular complexity index is 855. The molecule has 26 heavy (non-hydrogen) atoms. The number of carbonyl (C=O) groups excluding carboxylic acids is 2. The Morgan fingerprint density at radius 1 is 1.27 bits per heavy atom. The van der Waals surface area contributed by atoms with Gasteiger partial charge in [0.25, 0.3) is 0 Å². The highest BCUT2D eigenvalue weighted by Gasteiger charge is 2.25. The van der Waals surface area contributed by atoms with E-state index in [0.29, 0.717) is 12.3 Å². The number of hydrogen-bond acceptors (Lipinski definition) is 6. The molecule has 1 aliphatic heterocycles. The molecule has 1 heterocycles. The van der Waals surface area contributed by atoms with Crippen LogP contribution in [0.4, 0.5) is 4.39 Å². The third kappa shape index (κ3) is 3.75. The summed E-state index contributed by atoms with van der Waals surface area (Å²) in [6.45, 7) is 1.94. The number of nitrogens with one attached hydrogen (secondary N) is 1. The van der Waals surface area contributed by atoms with E-state index in [4.69, 9.17) is 19.9 Å². The van der Waals surface area contributed by atoms with Gasteiger partial charge in [0.15, 0.2) is 11.5 Å². The molecule has 136 valence electrons. The van der Waals surface area contributed by atoms with Gasteiger partial charge in [0.2, 0.25) is 18.4 Å². The summed E-state index contributed by atoms with van der Waals surface area (Å²) in [4.78, 5) is 23.3. The van der Waals surface area contributed by atoms with Crippen molar-refractivity contribution in [1.29, 1.82) is 0 Å². The van der Waals surface area contributed by atoms with Crippen LogP contribution >= 0.6 is 0 Å². The SMILES string of the molecule is C[C@H](NCc1ccc(OC(=O)c2cccc(F)c2)c2c1OCO2)C(N)=O. The van der Waals surface area contributed by atoms with Crippen molar-refractivity contribution in [3.8, 4) is 17.2 Å². The van der Waals surface area contributed by atoms with Crippen molar-refractivity contribution in [3.05, 3.63) is 53.3 Å². The maximum absolute atomic E-state index is 13.3. The number of ether oxygens (including phenoxy) is 3. The van der Waals surface area contributed by atoms with Crippen molar-refractivity contribution in [2.45, 2.75) is 19.5 Å². The second kappa shape index (κ2) is 7.40. The normalized spacial score (nSPS) is 13.3. The third-order valence-electron chi connectivity index (χ3n) is 3.85. The molecule has 3 N–H and O–H groups in total. The van der Waals surface area contributed by atoms with Crippen LogP contribution in [-0.4, -0.2) is 24.7 Å². The molecule has 0 aliphatic carbocycles. The first-order chi connectivity index (χ1) is 12.5. The minimum atomic E-state index is -0.713. The van der Waals surface area contributed by atoms with Gasteiger partial charge in [0.1, 0.15) is 5.82 Å². The van der Waals surface area contributed by atoms with Gasteiger partial charge in [-0.25, -0.2) is 9.18 Å². The van der Waals surface area contributed by atoms with Crippen LogP contribution in [-0.2, 0) is 11.3 Å². The predicted octanol–water partition coefficient (Wildman–Crippen LogP) is 1.74. The maximum Gasteiger partial charge on any atom is 0.343 e. The molecule has 0 saturated carbocycles. The van der Waals surface area contributed by atoms with E-state index in [2.05, 4.69) is 5.32 Å². The van der Waals surface area contributed by atoms with Gasteiger partial charge >= 0.3 is 5.97 Å². The zero-order valence-corrected chi connectivity index (χ0v) is 14.0. The first kappa shape index (κ1) is 17.7. The van der Waals surface area contributed by atoms with Crippen LogP contribution in [0.5, 0.6) is 17.2 Å². The van der Waals surface area contributed by atoms with Crippen LogP contribution in [0.25, 0.3) is 0 Å². The van der Waals surface area contributed by atoms with Crippen molar-refractivity contribution >= 4 is 11.9 Å². The highest BCUT2D eigenvalue weighted by atomic mass is 19.1. The zero-order chi connectivity index (χ0) is 18.7. The van der Waals surface area contributed by atoms with E-state index in [9.17, 15) is 14.0 Å². The van der Waals surface area contributed by atoms with E-state index in [0.717, 1.165) is 11.6 Å². The number of nitrogens with two attached hydrogens (primary N) is 1. The monoisotopic (exact) mass is 360 g/mol. The fourth-order valence-corrected chi connectivity index (χ4v) is 2.39. The van der Waals surface area contributed by atoms with E-state index in [1.807, 2.05) is 0 Å². The minimum absolute atomic E-state index is 0.0256. The van der Waals surface area contributed by atoms with E-state index in [1.54, 1.807) is 19.1 Å². The van der Waals surface area contributed by atoms with Crippen LogP contribution in [0, 0.1) is 5.82 Å². The van der Waals surface area contributed by atoms with Crippen molar-refractivity contribution in [2.75, 3.05) is 6.79 Å². The molecule has 1 amide bonds. The Morgan fingerprint density at radius 2 is 2.04 bits per heavy atom. The first-order valence-electron chi connectivity index (χ1n) is 7.87. The lowest BCUT2D eigenvalue weighted by atomic mass is 10.1. The quantitative estimate of drug-likeness (QED) is 0.601. The number of hydrogen-bond donors (Lipinski definition) is 2. The summed E-state index contributed by atoms with van der Waals surface area (Å²) >= 11 is 0. The van der Waals surface area contributed by atoms with Gasteiger partial charge in [-0.1, -0.05) is 12.1 Å². The van der Waals surface area contributed by atoms with Crippen LogP contribution < -0.4 is 25.3 Å². The van der Waals surface area contributed by atoms with Gasteiger partial charge in [-0.15, -0.1) is 0 Å². The predicted molar refractivity (Wildman–Crippen MR) is 89.4 cm³/mol. The van der Waals surface area contributed by atoms with E-state index >= 15 is 0 Å². The third-order valence-corrected chi connectivity index (χ3v) is 3.85. The Labute approximate surface area is 148 Å². The zero-order valence-electron chi connectivity index (χ0n) is 14.0. The molecule has 0 saturated heterocycles. The summed E-state index contributed by atoms with van der Waals surface area (Å²) in [6.07, 6.45) is 0. The first-order valence-corrected chi connectivity index (χ1v) is 7.87. The summed E-state index contributed by atoms with van der Waals surface area (Å²) in [7, 11) is 0. The summed E-state index contributed by atoms with van der Waals surface area (Å²) < 4.78 is 29.4. The molecule has 7 nitrogen and oxygen atoms in total.